The molecule has 5 heteroatoms. The van der Waals surface area contributed by atoms with Gasteiger partial charge in [0, 0.05) is 19.8 Å². The average molecular weight is 373 g/mol. The lowest BCUT2D eigenvalue weighted by atomic mass is 10.1. The predicted octanol–water partition coefficient (Wildman–Crippen LogP) is 3.75. The fraction of sp³-hybridized carbons (Fsp3) is 1.00. The quantitative estimate of drug-likeness (QED) is 0.426. The minimum absolute atomic E-state index is 0.354. The van der Waals surface area contributed by atoms with Crippen molar-refractivity contribution in [1.82, 2.24) is 0 Å². The highest BCUT2D eigenvalue weighted by molar-refractivity contribution is 6.80. The van der Waals surface area contributed by atoms with Gasteiger partial charge in [-0.3, -0.25) is 0 Å². The molecule has 0 aliphatic rings. The van der Waals surface area contributed by atoms with E-state index in [1.165, 1.54) is 0 Å². The van der Waals surface area contributed by atoms with Crippen LogP contribution in [0, 0.1) is 17.8 Å². The van der Waals surface area contributed by atoms with Gasteiger partial charge in [-0.05, 0) is 17.8 Å². The maximum atomic E-state index is 8.53. The van der Waals surface area contributed by atoms with E-state index < -0.39 is 0 Å². The van der Waals surface area contributed by atoms with Crippen LogP contribution in [0.15, 0.2) is 0 Å². The second-order valence-electron chi connectivity index (χ2n) is 5.60. The SMILES string of the molecule is CCC(CC)CO.CCC(CC)CO.CCC(CC)CO.[SiH3]Cl. The molecule has 0 aromatic heterocycles. The van der Waals surface area contributed by atoms with Crippen LogP contribution in [0.5, 0.6) is 0 Å². The Balaban J connectivity index is -0.000000111. The van der Waals surface area contributed by atoms with Crippen LogP contribution in [-0.4, -0.2) is 44.7 Å². The summed E-state index contributed by atoms with van der Waals surface area (Å²) in [6.45, 7) is 13.7. The molecule has 0 spiro atoms. The molecule has 3 N–H and O–H groups in total. The highest BCUT2D eigenvalue weighted by Gasteiger charge is 1.98. The molecule has 0 fully saturated rings. The highest BCUT2D eigenvalue weighted by atomic mass is 35.6. The first-order chi connectivity index (χ1) is 11.0. The van der Waals surface area contributed by atoms with Gasteiger partial charge in [0.05, 0.1) is 0 Å². The van der Waals surface area contributed by atoms with E-state index >= 15 is 0 Å². The summed E-state index contributed by atoms with van der Waals surface area (Å²) in [6, 6.07) is 0. The van der Waals surface area contributed by atoms with Crippen LogP contribution in [0.4, 0.5) is 0 Å². The van der Waals surface area contributed by atoms with Crippen molar-refractivity contribution in [2.75, 3.05) is 19.8 Å². The molecule has 0 heterocycles. The Bertz CT molecular complexity index is 117. The number of aliphatic hydroxyl groups excluding tert-OH is 3. The molecule has 0 amide bonds. The van der Waals surface area contributed by atoms with E-state index in [-0.39, 0.29) is 0 Å². The van der Waals surface area contributed by atoms with Crippen molar-refractivity contribution < 1.29 is 15.3 Å². The van der Waals surface area contributed by atoms with Crippen molar-refractivity contribution in [1.29, 1.82) is 0 Å². The monoisotopic (exact) mass is 372 g/mol. The summed E-state index contributed by atoms with van der Waals surface area (Å²) >= 11 is 4.78. The van der Waals surface area contributed by atoms with Gasteiger partial charge in [0.25, 0.3) is 0 Å². The summed E-state index contributed by atoms with van der Waals surface area (Å²) in [5, 5.41) is 25.6. The number of halogens is 1. The van der Waals surface area contributed by atoms with E-state index in [4.69, 9.17) is 26.4 Å². The van der Waals surface area contributed by atoms with Gasteiger partial charge >= 0.3 is 0 Å². The van der Waals surface area contributed by atoms with Crippen molar-refractivity contribution in [2.45, 2.75) is 80.1 Å². The lowest BCUT2D eigenvalue weighted by molar-refractivity contribution is 0.219. The predicted molar refractivity (Wildman–Crippen MR) is 109 cm³/mol. The fourth-order valence-electron chi connectivity index (χ4n) is 1.64. The molecule has 23 heavy (non-hydrogen) atoms. The van der Waals surface area contributed by atoms with Crippen molar-refractivity contribution >= 4 is 20.6 Å². The molecule has 0 rings (SSSR count). The molecule has 0 saturated heterocycles. The third-order valence-electron chi connectivity index (χ3n) is 4.24. The minimum Gasteiger partial charge on any atom is -0.396 e. The zero-order chi connectivity index (χ0) is 19.1. The summed E-state index contributed by atoms with van der Waals surface area (Å²) in [4.78, 5) is 0. The van der Waals surface area contributed by atoms with Crippen molar-refractivity contribution in [3.8, 4) is 0 Å². The smallest absolute Gasteiger partial charge is 0.109 e. The lowest BCUT2D eigenvalue weighted by Crippen LogP contribution is -2.01. The highest BCUT2D eigenvalue weighted by Crippen LogP contribution is 2.04. The van der Waals surface area contributed by atoms with Crippen LogP contribution in [0.1, 0.15) is 80.1 Å². The molecule has 0 radical (unpaired) electrons. The first kappa shape index (κ1) is 31.2. The van der Waals surface area contributed by atoms with E-state index in [1.807, 2.05) is 0 Å². The Kier molecular flexibility index (Phi) is 41.1. The average Bonchev–Trinajstić information content (AvgIpc) is 2.62. The lowest BCUT2D eigenvalue weighted by Gasteiger charge is -2.04. The summed E-state index contributed by atoms with van der Waals surface area (Å²) in [5.74, 6) is 1.62. The molecule has 0 aliphatic carbocycles. The molecule has 0 unspecified atom stereocenters. The largest absolute Gasteiger partial charge is 0.396 e. The summed E-state index contributed by atoms with van der Waals surface area (Å²) < 4.78 is 0. The number of aliphatic hydroxyl groups is 3. The Hall–Kier alpha value is 0.387. The minimum atomic E-state index is 0.354. The van der Waals surface area contributed by atoms with Crippen molar-refractivity contribution in [3.05, 3.63) is 0 Å². The number of rotatable bonds is 9. The van der Waals surface area contributed by atoms with Crippen LogP contribution in [0.3, 0.4) is 0 Å². The van der Waals surface area contributed by atoms with Crippen LogP contribution in [0.2, 0.25) is 0 Å². The maximum absolute atomic E-state index is 8.53. The molecule has 3 nitrogen and oxygen atoms in total. The third-order valence-corrected chi connectivity index (χ3v) is 4.24. The van der Waals surface area contributed by atoms with E-state index in [9.17, 15) is 0 Å². The first-order valence-electron chi connectivity index (χ1n) is 9.24. The molecule has 0 aliphatic heterocycles. The number of hydrogen-bond donors (Lipinski definition) is 3. The normalized spacial score (nSPS) is 9.78. The molecular formula is C18H45ClO3Si. The molecular weight excluding hydrogens is 328 g/mol. The fourth-order valence-corrected chi connectivity index (χ4v) is 1.64. The van der Waals surface area contributed by atoms with Gasteiger partial charge in [-0.2, -0.15) is 11.1 Å². The molecule has 0 bridgehead atoms. The standard InChI is InChI=1S/3C6H14O.ClH3Si/c3*1-3-6(4-2)5-7;1-2/h3*6-7H,3-5H2,1-2H3;2H3. The Morgan fingerprint density at radius 3 is 0.652 bits per heavy atom. The Labute approximate surface area is 154 Å². The number of hydrogen-bond acceptors (Lipinski definition) is 3. The second kappa shape index (κ2) is 30.3. The second-order valence-corrected chi connectivity index (χ2v) is 5.60. The van der Waals surface area contributed by atoms with E-state index in [2.05, 4.69) is 41.5 Å². The van der Waals surface area contributed by atoms with Gasteiger partial charge in [0.2, 0.25) is 0 Å². The van der Waals surface area contributed by atoms with Crippen molar-refractivity contribution in [3.63, 3.8) is 0 Å². The Morgan fingerprint density at radius 2 is 0.652 bits per heavy atom. The van der Waals surface area contributed by atoms with Crippen molar-refractivity contribution in [2.24, 2.45) is 17.8 Å². The topological polar surface area (TPSA) is 60.7 Å². The van der Waals surface area contributed by atoms with Crippen LogP contribution >= 0.6 is 11.1 Å². The zero-order valence-corrected chi connectivity index (χ0v) is 19.6. The summed E-state index contributed by atoms with van der Waals surface area (Å²) in [7, 11) is 0.778. The van der Waals surface area contributed by atoms with E-state index in [1.54, 1.807) is 0 Å². The van der Waals surface area contributed by atoms with Gasteiger partial charge < -0.3 is 15.3 Å². The molecule has 0 aromatic rings. The van der Waals surface area contributed by atoms with Gasteiger partial charge in [0.1, 0.15) is 9.55 Å². The van der Waals surface area contributed by atoms with Gasteiger partial charge in [-0.25, -0.2) is 0 Å². The Morgan fingerprint density at radius 1 is 0.522 bits per heavy atom. The molecule has 146 valence electrons. The maximum Gasteiger partial charge on any atom is 0.109 e. The molecule has 0 aromatic carbocycles. The van der Waals surface area contributed by atoms with Crippen LogP contribution < -0.4 is 0 Å². The van der Waals surface area contributed by atoms with Crippen LogP contribution in [0.25, 0.3) is 0 Å². The summed E-state index contributed by atoms with van der Waals surface area (Å²) in [5.41, 5.74) is 0. The first-order valence-corrected chi connectivity index (χ1v) is 12.3. The zero-order valence-electron chi connectivity index (χ0n) is 16.8. The van der Waals surface area contributed by atoms with Gasteiger partial charge in [0.15, 0.2) is 0 Å². The van der Waals surface area contributed by atoms with Gasteiger partial charge in [-0.15, -0.1) is 0 Å². The molecule has 0 saturated carbocycles. The third kappa shape index (κ3) is 27.5. The van der Waals surface area contributed by atoms with E-state index in [0.29, 0.717) is 37.6 Å². The summed E-state index contributed by atoms with van der Waals surface area (Å²) in [6.07, 6.45) is 6.63. The van der Waals surface area contributed by atoms with E-state index in [0.717, 1.165) is 48.1 Å². The molecule has 0 atom stereocenters. The van der Waals surface area contributed by atoms with Gasteiger partial charge in [-0.1, -0.05) is 80.1 Å². The van der Waals surface area contributed by atoms with Crippen LogP contribution in [-0.2, 0) is 0 Å².